The number of amides is 1. The van der Waals surface area contributed by atoms with Crippen molar-refractivity contribution in [3.63, 3.8) is 0 Å². The van der Waals surface area contributed by atoms with E-state index in [0.29, 0.717) is 35.1 Å². The van der Waals surface area contributed by atoms with E-state index in [2.05, 4.69) is 5.32 Å². The van der Waals surface area contributed by atoms with Gasteiger partial charge in [-0.2, -0.15) is 0 Å². The molecular formula is C18H21NO4. The zero-order valence-corrected chi connectivity index (χ0v) is 13.6. The summed E-state index contributed by atoms with van der Waals surface area (Å²) in [6.07, 6.45) is 0.914. The maximum Gasteiger partial charge on any atom is 0.255 e. The fourth-order valence-corrected chi connectivity index (χ4v) is 2.05. The Morgan fingerprint density at radius 1 is 1.04 bits per heavy atom. The van der Waals surface area contributed by atoms with Crippen LogP contribution in [-0.4, -0.2) is 26.7 Å². The number of hydrogen-bond donors (Lipinski definition) is 1. The summed E-state index contributed by atoms with van der Waals surface area (Å²) in [5, 5.41) is 2.84. The smallest absolute Gasteiger partial charge is 0.255 e. The Balaban J connectivity index is 2.18. The number of ether oxygens (including phenoxy) is 3. The van der Waals surface area contributed by atoms with Crippen LogP contribution >= 0.6 is 0 Å². The summed E-state index contributed by atoms with van der Waals surface area (Å²) in [6, 6.07) is 12.3. The van der Waals surface area contributed by atoms with E-state index < -0.39 is 0 Å². The van der Waals surface area contributed by atoms with Crippen LogP contribution in [-0.2, 0) is 0 Å². The van der Waals surface area contributed by atoms with E-state index in [1.807, 2.05) is 13.0 Å². The SMILES string of the molecule is CCCOc1cccc(C(=O)Nc2cc(OC)ccc2OC)c1. The van der Waals surface area contributed by atoms with Crippen molar-refractivity contribution < 1.29 is 19.0 Å². The fraction of sp³-hybridized carbons (Fsp3) is 0.278. The second kappa shape index (κ2) is 8.08. The van der Waals surface area contributed by atoms with E-state index in [-0.39, 0.29) is 5.91 Å². The van der Waals surface area contributed by atoms with Gasteiger partial charge in [0.25, 0.3) is 5.91 Å². The molecule has 23 heavy (non-hydrogen) atoms. The van der Waals surface area contributed by atoms with Gasteiger partial charge in [-0.3, -0.25) is 4.79 Å². The second-order valence-electron chi connectivity index (χ2n) is 4.90. The molecule has 1 amide bonds. The fourth-order valence-electron chi connectivity index (χ4n) is 2.05. The van der Waals surface area contributed by atoms with E-state index in [0.717, 1.165) is 6.42 Å². The standard InChI is InChI=1S/C18H21NO4/c1-4-10-23-15-7-5-6-13(11-15)18(20)19-16-12-14(21-2)8-9-17(16)22-3/h5-9,11-12H,4,10H2,1-3H3,(H,19,20). The largest absolute Gasteiger partial charge is 0.497 e. The molecule has 0 radical (unpaired) electrons. The first-order valence-electron chi connectivity index (χ1n) is 7.44. The third-order valence-corrected chi connectivity index (χ3v) is 3.22. The predicted octanol–water partition coefficient (Wildman–Crippen LogP) is 3.74. The van der Waals surface area contributed by atoms with Crippen LogP contribution in [0.2, 0.25) is 0 Å². The van der Waals surface area contributed by atoms with E-state index in [1.165, 1.54) is 0 Å². The maximum atomic E-state index is 12.4. The Bertz CT molecular complexity index is 670. The summed E-state index contributed by atoms with van der Waals surface area (Å²) in [5.41, 5.74) is 1.07. The molecule has 0 aliphatic carbocycles. The van der Waals surface area contributed by atoms with Crippen LogP contribution in [0, 0.1) is 0 Å². The predicted molar refractivity (Wildman–Crippen MR) is 89.7 cm³/mol. The van der Waals surface area contributed by atoms with Gasteiger partial charge in [-0.1, -0.05) is 13.0 Å². The summed E-state index contributed by atoms with van der Waals surface area (Å²) < 4.78 is 16.0. The minimum absolute atomic E-state index is 0.237. The summed E-state index contributed by atoms with van der Waals surface area (Å²) >= 11 is 0. The van der Waals surface area contributed by atoms with Crippen LogP contribution < -0.4 is 19.5 Å². The first-order valence-corrected chi connectivity index (χ1v) is 7.44. The molecule has 0 saturated carbocycles. The number of methoxy groups -OCH3 is 2. The molecule has 5 heteroatoms. The van der Waals surface area contributed by atoms with Gasteiger partial charge in [0.15, 0.2) is 0 Å². The van der Waals surface area contributed by atoms with Crippen molar-refractivity contribution in [2.24, 2.45) is 0 Å². The Kier molecular flexibility index (Phi) is 5.86. The highest BCUT2D eigenvalue weighted by Gasteiger charge is 2.11. The molecule has 0 unspecified atom stereocenters. The third kappa shape index (κ3) is 4.39. The number of benzene rings is 2. The normalized spacial score (nSPS) is 10.0. The van der Waals surface area contributed by atoms with Crippen LogP contribution in [0.1, 0.15) is 23.7 Å². The molecular weight excluding hydrogens is 294 g/mol. The van der Waals surface area contributed by atoms with Gasteiger partial charge in [0.1, 0.15) is 17.2 Å². The number of hydrogen-bond acceptors (Lipinski definition) is 4. The summed E-state index contributed by atoms with van der Waals surface area (Å²) in [5.74, 6) is 1.65. The zero-order chi connectivity index (χ0) is 16.7. The van der Waals surface area contributed by atoms with Crippen molar-refractivity contribution in [1.82, 2.24) is 0 Å². The highest BCUT2D eigenvalue weighted by atomic mass is 16.5. The molecule has 0 bridgehead atoms. The highest BCUT2D eigenvalue weighted by molar-refractivity contribution is 6.05. The lowest BCUT2D eigenvalue weighted by Crippen LogP contribution is -2.13. The van der Waals surface area contributed by atoms with Gasteiger partial charge in [-0.25, -0.2) is 0 Å². The molecule has 0 fully saturated rings. The van der Waals surface area contributed by atoms with Crippen LogP contribution in [0.25, 0.3) is 0 Å². The third-order valence-electron chi connectivity index (χ3n) is 3.22. The average Bonchev–Trinajstić information content (AvgIpc) is 2.60. The molecule has 0 atom stereocenters. The highest BCUT2D eigenvalue weighted by Crippen LogP contribution is 2.29. The van der Waals surface area contributed by atoms with Crippen LogP contribution in [0.4, 0.5) is 5.69 Å². The number of rotatable bonds is 7. The number of carbonyl (C=O) groups is 1. The van der Waals surface area contributed by atoms with E-state index >= 15 is 0 Å². The Labute approximate surface area is 136 Å². The van der Waals surface area contributed by atoms with Gasteiger partial charge < -0.3 is 19.5 Å². The number of carbonyl (C=O) groups excluding carboxylic acids is 1. The van der Waals surface area contributed by atoms with Crippen LogP contribution in [0.3, 0.4) is 0 Å². The van der Waals surface area contributed by atoms with Gasteiger partial charge >= 0.3 is 0 Å². The minimum Gasteiger partial charge on any atom is -0.497 e. The number of nitrogens with one attached hydrogen (secondary N) is 1. The Morgan fingerprint density at radius 3 is 2.57 bits per heavy atom. The van der Waals surface area contributed by atoms with Crippen LogP contribution in [0.5, 0.6) is 17.2 Å². The monoisotopic (exact) mass is 315 g/mol. The van der Waals surface area contributed by atoms with Crippen molar-refractivity contribution in [3.8, 4) is 17.2 Å². The van der Waals surface area contributed by atoms with Crippen molar-refractivity contribution in [2.75, 3.05) is 26.1 Å². The van der Waals surface area contributed by atoms with Gasteiger partial charge in [0.05, 0.1) is 26.5 Å². The molecule has 5 nitrogen and oxygen atoms in total. The molecule has 0 heterocycles. The summed E-state index contributed by atoms with van der Waals surface area (Å²) in [7, 11) is 3.12. The molecule has 0 aliphatic rings. The second-order valence-corrected chi connectivity index (χ2v) is 4.90. The molecule has 0 saturated heterocycles. The van der Waals surface area contributed by atoms with Crippen molar-refractivity contribution in [3.05, 3.63) is 48.0 Å². The molecule has 0 spiro atoms. The average molecular weight is 315 g/mol. The van der Waals surface area contributed by atoms with E-state index in [9.17, 15) is 4.79 Å². The molecule has 1 N–H and O–H groups in total. The van der Waals surface area contributed by atoms with E-state index in [1.54, 1.807) is 50.6 Å². The lowest BCUT2D eigenvalue weighted by molar-refractivity contribution is 0.102. The minimum atomic E-state index is -0.237. The summed E-state index contributed by atoms with van der Waals surface area (Å²) in [6.45, 7) is 2.65. The quantitative estimate of drug-likeness (QED) is 0.845. The van der Waals surface area contributed by atoms with E-state index in [4.69, 9.17) is 14.2 Å². The number of anilines is 1. The van der Waals surface area contributed by atoms with Crippen LogP contribution in [0.15, 0.2) is 42.5 Å². The van der Waals surface area contributed by atoms with Gasteiger partial charge in [0.2, 0.25) is 0 Å². The molecule has 2 rings (SSSR count). The van der Waals surface area contributed by atoms with Crippen molar-refractivity contribution >= 4 is 11.6 Å². The Hall–Kier alpha value is -2.69. The lowest BCUT2D eigenvalue weighted by Gasteiger charge is -2.12. The first kappa shape index (κ1) is 16.7. The van der Waals surface area contributed by atoms with Gasteiger partial charge in [-0.05, 0) is 36.8 Å². The molecule has 0 aliphatic heterocycles. The maximum absolute atomic E-state index is 12.4. The van der Waals surface area contributed by atoms with Gasteiger partial charge in [-0.15, -0.1) is 0 Å². The zero-order valence-electron chi connectivity index (χ0n) is 13.6. The lowest BCUT2D eigenvalue weighted by atomic mass is 10.2. The molecule has 0 aromatic heterocycles. The first-order chi connectivity index (χ1) is 11.2. The topological polar surface area (TPSA) is 56.8 Å². The van der Waals surface area contributed by atoms with Gasteiger partial charge in [0, 0.05) is 11.6 Å². The van der Waals surface area contributed by atoms with Crippen molar-refractivity contribution in [1.29, 1.82) is 0 Å². The van der Waals surface area contributed by atoms with Crippen molar-refractivity contribution in [2.45, 2.75) is 13.3 Å². The Morgan fingerprint density at radius 2 is 1.87 bits per heavy atom. The summed E-state index contributed by atoms with van der Waals surface area (Å²) in [4.78, 5) is 12.4. The molecule has 122 valence electrons. The molecule has 2 aromatic carbocycles. The molecule has 2 aromatic rings.